The molecular weight excluding hydrogens is 366 g/mol. The monoisotopic (exact) mass is 381 g/mol. The Balaban J connectivity index is 1.46. The molecule has 0 saturated heterocycles. The van der Waals surface area contributed by atoms with Gasteiger partial charge in [0.2, 0.25) is 11.9 Å². The molecule has 2 atom stereocenters. The van der Waals surface area contributed by atoms with Crippen LogP contribution in [0, 0.1) is 5.92 Å². The first-order valence-electron chi connectivity index (χ1n) is 8.54. The minimum atomic E-state index is -0.245. The molecule has 27 heavy (non-hydrogen) atoms. The number of amides is 1. The highest BCUT2D eigenvalue weighted by Crippen LogP contribution is 2.27. The van der Waals surface area contributed by atoms with Crippen molar-refractivity contribution in [3.05, 3.63) is 24.4 Å². The number of carbonyl (C=O) groups excluding carboxylic acids is 1. The van der Waals surface area contributed by atoms with E-state index < -0.39 is 0 Å². The fraction of sp³-hybridized carbons (Fsp3) is 0.312. The molecule has 0 aliphatic heterocycles. The van der Waals surface area contributed by atoms with E-state index in [1.165, 1.54) is 11.7 Å². The third-order valence-electron chi connectivity index (χ3n) is 4.84. The number of anilines is 1. The molecule has 4 aromatic rings. The molecule has 2 unspecified atom stereocenters. The summed E-state index contributed by atoms with van der Waals surface area (Å²) in [6.07, 6.45) is 3.98. The largest absolute Gasteiger partial charge is 0.369 e. The number of benzene rings is 1. The number of nitrogens with one attached hydrogen (secondary N) is 1. The van der Waals surface area contributed by atoms with E-state index in [-0.39, 0.29) is 17.9 Å². The van der Waals surface area contributed by atoms with Gasteiger partial charge in [0.15, 0.2) is 11.2 Å². The van der Waals surface area contributed by atoms with Crippen LogP contribution in [0.15, 0.2) is 24.4 Å². The van der Waals surface area contributed by atoms with Crippen LogP contribution in [-0.4, -0.2) is 45.7 Å². The number of nitrogens with zero attached hydrogens (tertiary/aromatic N) is 7. The average molecular weight is 381 g/mol. The van der Waals surface area contributed by atoms with Crippen molar-refractivity contribution in [3.63, 3.8) is 0 Å². The molecule has 1 aliphatic carbocycles. The summed E-state index contributed by atoms with van der Waals surface area (Å²) in [5, 5.41) is 11.6. The normalized spacial score (nSPS) is 19.7. The summed E-state index contributed by atoms with van der Waals surface area (Å²) < 4.78 is 10.1. The van der Waals surface area contributed by atoms with Crippen molar-refractivity contribution in [2.45, 2.75) is 25.3 Å². The summed E-state index contributed by atoms with van der Waals surface area (Å²) in [5.74, 6) is 0.152. The molecule has 1 saturated carbocycles. The van der Waals surface area contributed by atoms with Gasteiger partial charge in [-0.3, -0.25) is 4.79 Å². The number of aromatic nitrogens is 7. The van der Waals surface area contributed by atoms with E-state index in [9.17, 15) is 4.79 Å². The maximum atomic E-state index is 11.3. The zero-order chi connectivity index (χ0) is 18.4. The number of nitrogens with two attached hydrogens (primary N) is 1. The molecule has 3 N–H and O–H groups in total. The highest BCUT2D eigenvalue weighted by molar-refractivity contribution is 7.00. The highest BCUT2D eigenvalue weighted by atomic mass is 32.1. The van der Waals surface area contributed by atoms with Gasteiger partial charge in [-0.25, -0.2) is 4.98 Å². The number of hydrogen-bond acceptors (Lipinski definition) is 9. The molecule has 0 spiro atoms. The number of hydrogen-bond donors (Lipinski definition) is 2. The van der Waals surface area contributed by atoms with E-state index in [0.717, 1.165) is 29.6 Å². The summed E-state index contributed by atoms with van der Waals surface area (Å²) in [6, 6.07) is 5.82. The molecule has 136 valence electrons. The second-order valence-electron chi connectivity index (χ2n) is 6.59. The van der Waals surface area contributed by atoms with Crippen LogP contribution in [0.4, 0.5) is 5.95 Å². The predicted octanol–water partition coefficient (Wildman–Crippen LogP) is 1.28. The van der Waals surface area contributed by atoms with Crippen molar-refractivity contribution >= 4 is 45.8 Å². The lowest BCUT2D eigenvalue weighted by atomic mass is 10.1. The van der Waals surface area contributed by atoms with Crippen LogP contribution in [-0.2, 0) is 4.79 Å². The van der Waals surface area contributed by atoms with Crippen LogP contribution in [0.1, 0.15) is 19.3 Å². The Labute approximate surface area is 157 Å². The predicted molar refractivity (Wildman–Crippen MR) is 99.4 cm³/mol. The number of rotatable bonds is 4. The van der Waals surface area contributed by atoms with Crippen molar-refractivity contribution in [2.24, 2.45) is 11.7 Å². The Morgan fingerprint density at radius 1 is 1.22 bits per heavy atom. The van der Waals surface area contributed by atoms with Gasteiger partial charge in [-0.15, -0.1) is 5.10 Å². The lowest BCUT2D eigenvalue weighted by Crippen LogP contribution is -2.23. The minimum Gasteiger partial charge on any atom is -0.369 e. The van der Waals surface area contributed by atoms with Gasteiger partial charge in [-0.2, -0.15) is 18.4 Å². The maximum Gasteiger partial charge on any atom is 0.225 e. The lowest BCUT2D eigenvalue weighted by molar-refractivity contribution is -0.121. The molecule has 10 nitrogen and oxygen atoms in total. The second kappa shape index (κ2) is 6.20. The molecule has 1 fully saturated rings. The first kappa shape index (κ1) is 16.0. The first-order chi connectivity index (χ1) is 13.2. The topological polar surface area (TPSA) is 137 Å². The summed E-state index contributed by atoms with van der Waals surface area (Å²) >= 11 is 1.17. The minimum absolute atomic E-state index is 0.0862. The number of fused-ring (bicyclic) bond motifs is 2. The van der Waals surface area contributed by atoms with Crippen molar-refractivity contribution in [3.8, 4) is 5.69 Å². The Kier molecular flexibility index (Phi) is 3.67. The standard InChI is InChI=1S/C16H15N9OS/c17-14(26)8-1-2-9(5-8)19-16-18-7-13-15(20-16)25(24-21-13)10-3-4-11-12(6-10)23-27-22-11/h3-4,6-9H,1-2,5H2,(H2,17,26)(H,18,19,20). The third kappa shape index (κ3) is 2.85. The van der Waals surface area contributed by atoms with Crippen molar-refractivity contribution in [1.82, 2.24) is 33.7 Å². The van der Waals surface area contributed by atoms with Crippen LogP contribution in [0.3, 0.4) is 0 Å². The van der Waals surface area contributed by atoms with Gasteiger partial charge in [0.25, 0.3) is 0 Å². The van der Waals surface area contributed by atoms with Crippen molar-refractivity contribution in [2.75, 3.05) is 5.32 Å². The van der Waals surface area contributed by atoms with E-state index in [0.29, 0.717) is 23.5 Å². The van der Waals surface area contributed by atoms with Crippen LogP contribution in [0.2, 0.25) is 0 Å². The van der Waals surface area contributed by atoms with Gasteiger partial charge < -0.3 is 11.1 Å². The fourth-order valence-corrected chi connectivity index (χ4v) is 3.94. The summed E-state index contributed by atoms with van der Waals surface area (Å²) in [7, 11) is 0. The van der Waals surface area contributed by atoms with Crippen LogP contribution in [0.25, 0.3) is 27.9 Å². The van der Waals surface area contributed by atoms with Crippen molar-refractivity contribution in [1.29, 1.82) is 0 Å². The fourth-order valence-electron chi connectivity index (χ4n) is 3.43. The highest BCUT2D eigenvalue weighted by Gasteiger charge is 2.28. The van der Waals surface area contributed by atoms with Gasteiger partial charge >= 0.3 is 0 Å². The molecule has 3 aromatic heterocycles. The molecular formula is C16H15N9OS. The Morgan fingerprint density at radius 3 is 2.96 bits per heavy atom. The van der Waals surface area contributed by atoms with Crippen LogP contribution in [0.5, 0.6) is 0 Å². The summed E-state index contributed by atoms with van der Waals surface area (Å²) in [5.41, 5.74) is 9.04. The molecule has 11 heteroatoms. The smallest absolute Gasteiger partial charge is 0.225 e. The van der Waals surface area contributed by atoms with Gasteiger partial charge in [0, 0.05) is 12.0 Å². The molecule has 1 aliphatic rings. The zero-order valence-corrected chi connectivity index (χ0v) is 14.9. The van der Waals surface area contributed by atoms with Gasteiger partial charge in [-0.1, -0.05) is 5.21 Å². The third-order valence-corrected chi connectivity index (χ3v) is 5.40. The summed E-state index contributed by atoms with van der Waals surface area (Å²) in [4.78, 5) is 20.2. The Morgan fingerprint density at radius 2 is 2.11 bits per heavy atom. The van der Waals surface area contributed by atoms with Crippen LogP contribution < -0.4 is 11.1 Å². The second-order valence-corrected chi connectivity index (χ2v) is 7.12. The molecule has 0 bridgehead atoms. The SMILES string of the molecule is NC(=O)C1CCC(Nc2ncc3nnn(-c4ccc5nsnc5c4)c3n2)C1. The van der Waals surface area contributed by atoms with Crippen molar-refractivity contribution < 1.29 is 4.79 Å². The Bertz CT molecular complexity index is 1150. The first-order valence-corrected chi connectivity index (χ1v) is 9.27. The van der Waals surface area contributed by atoms with Gasteiger partial charge in [0.05, 0.1) is 23.6 Å². The maximum absolute atomic E-state index is 11.3. The number of primary amides is 1. The molecule has 1 amide bonds. The van der Waals surface area contributed by atoms with Crippen LogP contribution >= 0.6 is 11.7 Å². The molecule has 0 radical (unpaired) electrons. The van der Waals surface area contributed by atoms with Gasteiger partial charge in [0.1, 0.15) is 11.0 Å². The average Bonchev–Trinajstić information content (AvgIpc) is 3.40. The lowest BCUT2D eigenvalue weighted by Gasteiger charge is -2.12. The van der Waals surface area contributed by atoms with E-state index >= 15 is 0 Å². The van der Waals surface area contributed by atoms with Gasteiger partial charge in [-0.05, 0) is 37.5 Å². The molecule has 1 aromatic carbocycles. The Hall–Kier alpha value is -3.21. The quantitative estimate of drug-likeness (QED) is 0.539. The molecule has 3 heterocycles. The zero-order valence-electron chi connectivity index (χ0n) is 14.1. The van der Waals surface area contributed by atoms with E-state index in [2.05, 4.69) is 34.3 Å². The van der Waals surface area contributed by atoms with E-state index in [4.69, 9.17) is 5.73 Å². The van der Waals surface area contributed by atoms with E-state index in [1.807, 2.05) is 18.2 Å². The molecule has 5 rings (SSSR count). The number of carbonyl (C=O) groups is 1. The van der Waals surface area contributed by atoms with E-state index in [1.54, 1.807) is 10.9 Å². The summed E-state index contributed by atoms with van der Waals surface area (Å²) in [6.45, 7) is 0.